The number of nitrogens with one attached hydrogen (secondary N) is 1. The third-order valence-corrected chi connectivity index (χ3v) is 5.99. The Hall–Kier alpha value is -3.67. The van der Waals surface area contributed by atoms with Crippen LogP contribution in [0.5, 0.6) is 10.8 Å². The van der Waals surface area contributed by atoms with Crippen LogP contribution in [0.1, 0.15) is 0 Å². The Bertz CT molecular complexity index is 1310. The SMILES string of the molecule is Clc1ccc(Oc2sc(Nc3ccccn3)[n+](-c3ccccc3)c2-c2ccccc2)cc1. The van der Waals surface area contributed by atoms with Crippen molar-refractivity contribution in [1.82, 2.24) is 4.98 Å². The van der Waals surface area contributed by atoms with Gasteiger partial charge in [-0.3, -0.25) is 0 Å². The second kappa shape index (κ2) is 9.22. The summed E-state index contributed by atoms with van der Waals surface area (Å²) in [5.74, 6) is 1.48. The zero-order chi connectivity index (χ0) is 21.8. The highest BCUT2D eigenvalue weighted by Crippen LogP contribution is 2.41. The van der Waals surface area contributed by atoms with Crippen molar-refractivity contribution in [1.29, 1.82) is 0 Å². The number of anilines is 2. The lowest BCUT2D eigenvalue weighted by Gasteiger charge is -2.08. The molecule has 0 fully saturated rings. The number of halogens is 1. The monoisotopic (exact) mass is 456 g/mol. The van der Waals surface area contributed by atoms with Crippen molar-refractivity contribution in [3.63, 3.8) is 0 Å². The minimum absolute atomic E-state index is 0.670. The summed E-state index contributed by atoms with van der Waals surface area (Å²) in [4.78, 5) is 4.44. The van der Waals surface area contributed by atoms with Crippen molar-refractivity contribution in [2.75, 3.05) is 5.32 Å². The van der Waals surface area contributed by atoms with E-state index in [4.69, 9.17) is 16.3 Å². The van der Waals surface area contributed by atoms with Crippen LogP contribution in [0.2, 0.25) is 5.02 Å². The highest BCUT2D eigenvalue weighted by Gasteiger charge is 2.29. The van der Waals surface area contributed by atoms with Crippen LogP contribution in [-0.4, -0.2) is 4.98 Å². The van der Waals surface area contributed by atoms with Crippen molar-refractivity contribution in [3.05, 3.63) is 114 Å². The molecule has 0 atom stereocenters. The van der Waals surface area contributed by atoms with Crippen LogP contribution in [0.4, 0.5) is 10.9 Å². The highest BCUT2D eigenvalue weighted by atomic mass is 35.5. The van der Waals surface area contributed by atoms with Crippen molar-refractivity contribution in [3.8, 4) is 27.8 Å². The van der Waals surface area contributed by atoms with Gasteiger partial charge in [0.15, 0.2) is 5.69 Å². The Labute approximate surface area is 195 Å². The van der Waals surface area contributed by atoms with E-state index in [0.29, 0.717) is 5.02 Å². The normalized spacial score (nSPS) is 10.7. The maximum Gasteiger partial charge on any atom is 0.349 e. The van der Waals surface area contributed by atoms with Crippen LogP contribution in [0.15, 0.2) is 109 Å². The average molecular weight is 457 g/mol. The third-order valence-electron chi connectivity index (χ3n) is 4.80. The summed E-state index contributed by atoms with van der Waals surface area (Å²) in [5.41, 5.74) is 3.02. The van der Waals surface area contributed by atoms with Crippen LogP contribution in [-0.2, 0) is 0 Å². The maximum atomic E-state index is 6.38. The van der Waals surface area contributed by atoms with E-state index in [1.165, 1.54) is 11.3 Å². The first-order valence-corrected chi connectivity index (χ1v) is 11.3. The van der Waals surface area contributed by atoms with Gasteiger partial charge in [0.05, 0.1) is 0 Å². The van der Waals surface area contributed by atoms with Gasteiger partial charge in [-0.2, -0.15) is 4.57 Å². The van der Waals surface area contributed by atoms with Gasteiger partial charge in [-0.25, -0.2) is 10.3 Å². The molecule has 0 saturated heterocycles. The fourth-order valence-corrected chi connectivity index (χ4v) is 4.54. The molecule has 2 aromatic heterocycles. The highest BCUT2D eigenvalue weighted by molar-refractivity contribution is 7.17. The number of pyridine rings is 1. The molecule has 3 aromatic carbocycles. The number of hydrogen-bond acceptors (Lipinski definition) is 4. The van der Waals surface area contributed by atoms with Gasteiger partial charge in [0, 0.05) is 22.8 Å². The van der Waals surface area contributed by atoms with Gasteiger partial charge < -0.3 is 4.74 Å². The van der Waals surface area contributed by atoms with Crippen LogP contribution in [0.3, 0.4) is 0 Å². The Morgan fingerprint density at radius 2 is 1.47 bits per heavy atom. The Morgan fingerprint density at radius 1 is 0.781 bits per heavy atom. The Balaban J connectivity index is 1.70. The standard InChI is InChI=1S/C26H18ClN3OS/c27-20-14-16-22(17-15-20)31-25-24(19-9-3-1-4-10-19)30(21-11-5-2-6-12-21)26(32-25)29-23-13-7-8-18-28-23/h1-18H/p+1. The summed E-state index contributed by atoms with van der Waals surface area (Å²) in [6.07, 6.45) is 1.77. The van der Waals surface area contributed by atoms with E-state index in [9.17, 15) is 0 Å². The number of thiazole rings is 1. The molecule has 1 N–H and O–H groups in total. The van der Waals surface area contributed by atoms with Gasteiger partial charge in [-0.1, -0.05) is 66.2 Å². The van der Waals surface area contributed by atoms with Gasteiger partial charge >= 0.3 is 5.13 Å². The average Bonchev–Trinajstić information content (AvgIpc) is 3.19. The molecule has 4 nitrogen and oxygen atoms in total. The van der Waals surface area contributed by atoms with Gasteiger partial charge in [0.2, 0.25) is 10.9 Å². The quantitative estimate of drug-likeness (QED) is 0.273. The summed E-state index contributed by atoms with van der Waals surface area (Å²) in [5, 5.41) is 5.79. The molecule has 0 saturated carbocycles. The van der Waals surface area contributed by atoms with Gasteiger partial charge in [-0.05, 0) is 53.8 Å². The number of nitrogens with zero attached hydrogens (tertiary/aromatic N) is 2. The van der Waals surface area contributed by atoms with Crippen molar-refractivity contribution >= 4 is 33.9 Å². The van der Waals surface area contributed by atoms with E-state index in [1.807, 2.05) is 78.9 Å². The first-order valence-electron chi connectivity index (χ1n) is 10.1. The predicted octanol–water partition coefficient (Wildman–Crippen LogP) is 7.28. The minimum atomic E-state index is 0.670. The number of hydrogen-bond donors (Lipinski definition) is 1. The fraction of sp³-hybridized carbons (Fsp3) is 0. The Morgan fingerprint density at radius 3 is 2.16 bits per heavy atom. The van der Waals surface area contributed by atoms with Gasteiger partial charge in [-0.15, -0.1) is 0 Å². The summed E-state index contributed by atoms with van der Waals surface area (Å²) in [6.45, 7) is 0. The molecular weight excluding hydrogens is 438 g/mol. The first kappa shape index (κ1) is 20.2. The molecule has 0 bridgehead atoms. The molecule has 0 amide bonds. The molecule has 32 heavy (non-hydrogen) atoms. The summed E-state index contributed by atoms with van der Waals surface area (Å²) < 4.78 is 8.54. The molecule has 5 rings (SSSR count). The molecule has 0 aliphatic carbocycles. The number of ether oxygens (including phenoxy) is 1. The maximum absolute atomic E-state index is 6.38. The molecule has 156 valence electrons. The second-order valence-electron chi connectivity index (χ2n) is 6.98. The van der Waals surface area contributed by atoms with E-state index >= 15 is 0 Å². The van der Waals surface area contributed by atoms with E-state index in [1.54, 1.807) is 6.20 Å². The number of para-hydroxylation sites is 1. The van der Waals surface area contributed by atoms with Gasteiger partial charge in [0.1, 0.15) is 11.4 Å². The van der Waals surface area contributed by atoms with E-state index in [2.05, 4.69) is 39.1 Å². The molecule has 0 radical (unpaired) electrons. The van der Waals surface area contributed by atoms with Crippen LogP contribution >= 0.6 is 22.9 Å². The lowest BCUT2D eigenvalue weighted by atomic mass is 10.1. The fourth-order valence-electron chi connectivity index (χ4n) is 3.35. The second-order valence-corrected chi connectivity index (χ2v) is 8.37. The molecular formula is C26H19ClN3OS+. The topological polar surface area (TPSA) is 38.0 Å². The lowest BCUT2D eigenvalue weighted by Crippen LogP contribution is -2.33. The third kappa shape index (κ3) is 4.35. The van der Waals surface area contributed by atoms with Crippen LogP contribution < -0.4 is 14.6 Å². The number of aromatic nitrogens is 2. The van der Waals surface area contributed by atoms with E-state index in [-0.39, 0.29) is 0 Å². The summed E-state index contributed by atoms with van der Waals surface area (Å²) in [7, 11) is 0. The predicted molar refractivity (Wildman–Crippen MR) is 130 cm³/mol. The molecule has 2 heterocycles. The van der Waals surface area contributed by atoms with E-state index in [0.717, 1.165) is 38.7 Å². The summed E-state index contributed by atoms with van der Waals surface area (Å²) in [6, 6.07) is 33.6. The molecule has 0 spiro atoms. The van der Waals surface area contributed by atoms with Crippen LogP contribution in [0.25, 0.3) is 16.9 Å². The number of benzene rings is 3. The van der Waals surface area contributed by atoms with E-state index < -0.39 is 0 Å². The summed E-state index contributed by atoms with van der Waals surface area (Å²) >= 11 is 7.59. The minimum Gasteiger partial charge on any atom is -0.442 e. The smallest absolute Gasteiger partial charge is 0.349 e. The molecule has 0 unspecified atom stereocenters. The Kier molecular flexibility index (Phi) is 5.83. The number of rotatable bonds is 6. The first-order chi connectivity index (χ1) is 15.8. The van der Waals surface area contributed by atoms with Crippen LogP contribution in [0, 0.1) is 0 Å². The van der Waals surface area contributed by atoms with Gasteiger partial charge in [0.25, 0.3) is 0 Å². The largest absolute Gasteiger partial charge is 0.442 e. The zero-order valence-electron chi connectivity index (χ0n) is 17.0. The lowest BCUT2D eigenvalue weighted by molar-refractivity contribution is -0.564. The van der Waals surface area contributed by atoms with Crippen molar-refractivity contribution in [2.45, 2.75) is 0 Å². The van der Waals surface area contributed by atoms with Crippen molar-refractivity contribution < 1.29 is 9.30 Å². The zero-order valence-corrected chi connectivity index (χ0v) is 18.6. The molecule has 0 aliphatic heterocycles. The molecule has 0 aliphatic rings. The molecule has 5 aromatic rings. The van der Waals surface area contributed by atoms with Crippen molar-refractivity contribution in [2.24, 2.45) is 0 Å². The molecule has 6 heteroatoms.